The van der Waals surface area contributed by atoms with Gasteiger partial charge in [-0.05, 0) is 56.5 Å². The van der Waals surface area contributed by atoms with Crippen LogP contribution in [0.1, 0.15) is 25.3 Å². The van der Waals surface area contributed by atoms with Crippen LogP contribution in [0, 0.1) is 12.8 Å². The molecule has 3 heteroatoms. The molecule has 0 aromatic heterocycles. The van der Waals surface area contributed by atoms with E-state index in [0.717, 1.165) is 19.6 Å². The van der Waals surface area contributed by atoms with Crippen molar-refractivity contribution < 1.29 is 0 Å². The van der Waals surface area contributed by atoms with E-state index in [4.69, 9.17) is 5.73 Å². The highest BCUT2D eigenvalue weighted by atomic mass is 15.3. The van der Waals surface area contributed by atoms with Crippen LogP contribution in [0.5, 0.6) is 0 Å². The quantitative estimate of drug-likeness (QED) is 0.866. The van der Waals surface area contributed by atoms with Crippen LogP contribution in [0.15, 0.2) is 24.3 Å². The molecule has 0 spiro atoms. The Kier molecular flexibility index (Phi) is 5.86. The summed E-state index contributed by atoms with van der Waals surface area (Å²) in [4.78, 5) is 5.10. The maximum absolute atomic E-state index is 5.67. The largest absolute Gasteiger partial charge is 0.369 e. The molecule has 1 aromatic carbocycles. The Labute approximate surface area is 123 Å². The van der Waals surface area contributed by atoms with E-state index in [9.17, 15) is 0 Å². The molecule has 0 amide bonds. The first kappa shape index (κ1) is 15.3. The Morgan fingerprint density at radius 2 is 1.95 bits per heavy atom. The Morgan fingerprint density at radius 1 is 1.20 bits per heavy atom. The summed E-state index contributed by atoms with van der Waals surface area (Å²) in [6, 6.07) is 8.84. The van der Waals surface area contributed by atoms with Crippen LogP contribution in [-0.2, 0) is 0 Å². The van der Waals surface area contributed by atoms with E-state index in [1.54, 1.807) is 0 Å². The van der Waals surface area contributed by atoms with Crippen LogP contribution in [-0.4, -0.2) is 44.2 Å². The number of aryl methyl sites for hydroxylation is 1. The van der Waals surface area contributed by atoms with Gasteiger partial charge < -0.3 is 10.6 Å². The van der Waals surface area contributed by atoms with Gasteiger partial charge in [0.05, 0.1) is 0 Å². The third-order valence-corrected chi connectivity index (χ3v) is 4.31. The molecule has 2 rings (SSSR count). The van der Waals surface area contributed by atoms with E-state index in [2.05, 4.69) is 47.9 Å². The van der Waals surface area contributed by atoms with Gasteiger partial charge in [-0.2, -0.15) is 0 Å². The lowest BCUT2D eigenvalue weighted by Crippen LogP contribution is -2.46. The monoisotopic (exact) mass is 275 g/mol. The number of nitrogens with zero attached hydrogens (tertiary/aromatic N) is 2. The number of hydrogen-bond donors (Lipinski definition) is 1. The van der Waals surface area contributed by atoms with Crippen LogP contribution < -0.4 is 10.6 Å². The van der Waals surface area contributed by atoms with Gasteiger partial charge in [-0.15, -0.1) is 0 Å². The standard InChI is InChI=1S/C17H29N3/c1-15-5-3-7-17(13-15)20-11-9-19(10-12-20)8-4-6-16(2)14-18/h3,5,7,13,16H,4,6,8-12,14,18H2,1-2H3. The minimum absolute atomic E-state index is 0.670. The Morgan fingerprint density at radius 3 is 2.60 bits per heavy atom. The molecule has 1 aliphatic rings. The summed E-state index contributed by atoms with van der Waals surface area (Å²) >= 11 is 0. The zero-order valence-electron chi connectivity index (χ0n) is 13.0. The zero-order chi connectivity index (χ0) is 14.4. The molecule has 0 bridgehead atoms. The Balaban J connectivity index is 1.72. The second-order valence-corrected chi connectivity index (χ2v) is 6.15. The SMILES string of the molecule is Cc1cccc(N2CCN(CCCC(C)CN)CC2)c1. The van der Waals surface area contributed by atoms with Gasteiger partial charge in [-0.25, -0.2) is 0 Å². The molecule has 0 saturated carbocycles. The highest BCUT2D eigenvalue weighted by Crippen LogP contribution is 2.18. The van der Waals surface area contributed by atoms with Crippen molar-refractivity contribution in [3.8, 4) is 0 Å². The molecular formula is C17H29N3. The molecule has 1 atom stereocenters. The first-order chi connectivity index (χ1) is 9.69. The maximum Gasteiger partial charge on any atom is 0.0369 e. The smallest absolute Gasteiger partial charge is 0.0369 e. The van der Waals surface area contributed by atoms with Gasteiger partial charge in [0, 0.05) is 31.9 Å². The number of hydrogen-bond acceptors (Lipinski definition) is 3. The fourth-order valence-electron chi connectivity index (χ4n) is 2.84. The molecule has 1 aromatic rings. The van der Waals surface area contributed by atoms with Crippen LogP contribution in [0.2, 0.25) is 0 Å². The molecule has 1 heterocycles. The predicted octanol–water partition coefficient (Wildman–Crippen LogP) is 2.49. The van der Waals surface area contributed by atoms with Crippen molar-refractivity contribution in [3.05, 3.63) is 29.8 Å². The summed E-state index contributed by atoms with van der Waals surface area (Å²) in [6.07, 6.45) is 2.54. The van der Waals surface area contributed by atoms with E-state index in [1.807, 2.05) is 0 Å². The third kappa shape index (κ3) is 4.50. The summed E-state index contributed by atoms with van der Waals surface area (Å²) in [5.74, 6) is 0.670. The van der Waals surface area contributed by atoms with Crippen molar-refractivity contribution >= 4 is 5.69 Å². The van der Waals surface area contributed by atoms with E-state index in [0.29, 0.717) is 5.92 Å². The van der Waals surface area contributed by atoms with E-state index >= 15 is 0 Å². The number of nitrogens with two attached hydrogens (primary N) is 1. The third-order valence-electron chi connectivity index (χ3n) is 4.31. The van der Waals surface area contributed by atoms with E-state index in [1.165, 1.54) is 43.7 Å². The molecule has 0 radical (unpaired) electrons. The first-order valence-electron chi connectivity index (χ1n) is 7.93. The highest BCUT2D eigenvalue weighted by Gasteiger charge is 2.16. The molecule has 2 N–H and O–H groups in total. The van der Waals surface area contributed by atoms with Gasteiger partial charge in [-0.1, -0.05) is 19.1 Å². The van der Waals surface area contributed by atoms with Crippen LogP contribution >= 0.6 is 0 Å². The summed E-state index contributed by atoms with van der Waals surface area (Å²) in [7, 11) is 0. The van der Waals surface area contributed by atoms with Gasteiger partial charge in [0.1, 0.15) is 0 Å². The number of anilines is 1. The predicted molar refractivity (Wildman–Crippen MR) is 87.3 cm³/mol. The molecule has 0 aliphatic carbocycles. The zero-order valence-corrected chi connectivity index (χ0v) is 13.0. The van der Waals surface area contributed by atoms with Crippen molar-refractivity contribution in [2.24, 2.45) is 11.7 Å². The molecule has 3 nitrogen and oxygen atoms in total. The van der Waals surface area contributed by atoms with Crippen LogP contribution in [0.3, 0.4) is 0 Å². The van der Waals surface area contributed by atoms with Gasteiger partial charge >= 0.3 is 0 Å². The normalized spacial score (nSPS) is 18.2. The van der Waals surface area contributed by atoms with Gasteiger partial charge in [0.2, 0.25) is 0 Å². The van der Waals surface area contributed by atoms with Crippen LogP contribution in [0.25, 0.3) is 0 Å². The summed E-state index contributed by atoms with van der Waals surface area (Å²) in [5, 5.41) is 0. The highest BCUT2D eigenvalue weighted by molar-refractivity contribution is 5.48. The lowest BCUT2D eigenvalue weighted by atomic mass is 10.1. The average Bonchev–Trinajstić information content (AvgIpc) is 2.48. The molecule has 1 aliphatic heterocycles. The minimum atomic E-state index is 0.670. The molecular weight excluding hydrogens is 246 g/mol. The van der Waals surface area contributed by atoms with E-state index in [-0.39, 0.29) is 0 Å². The minimum Gasteiger partial charge on any atom is -0.369 e. The van der Waals surface area contributed by atoms with Crippen molar-refractivity contribution in [2.45, 2.75) is 26.7 Å². The maximum atomic E-state index is 5.67. The molecule has 20 heavy (non-hydrogen) atoms. The lowest BCUT2D eigenvalue weighted by Gasteiger charge is -2.36. The van der Waals surface area contributed by atoms with Gasteiger partial charge in [0.15, 0.2) is 0 Å². The average molecular weight is 275 g/mol. The topological polar surface area (TPSA) is 32.5 Å². The summed E-state index contributed by atoms with van der Waals surface area (Å²) in [5.41, 5.74) is 8.39. The molecule has 1 fully saturated rings. The fraction of sp³-hybridized carbons (Fsp3) is 0.647. The van der Waals surface area contributed by atoms with Crippen molar-refractivity contribution in [2.75, 3.05) is 44.2 Å². The molecule has 112 valence electrons. The van der Waals surface area contributed by atoms with Crippen LogP contribution in [0.4, 0.5) is 5.69 Å². The van der Waals surface area contributed by atoms with Crippen molar-refractivity contribution in [1.29, 1.82) is 0 Å². The first-order valence-corrected chi connectivity index (χ1v) is 7.93. The lowest BCUT2D eigenvalue weighted by molar-refractivity contribution is 0.248. The van der Waals surface area contributed by atoms with Crippen molar-refractivity contribution in [1.82, 2.24) is 4.90 Å². The Bertz CT molecular complexity index is 397. The number of rotatable bonds is 6. The summed E-state index contributed by atoms with van der Waals surface area (Å²) < 4.78 is 0. The fourth-order valence-corrected chi connectivity index (χ4v) is 2.84. The number of benzene rings is 1. The summed E-state index contributed by atoms with van der Waals surface area (Å²) in [6.45, 7) is 11.1. The van der Waals surface area contributed by atoms with Gasteiger partial charge in [0.25, 0.3) is 0 Å². The second-order valence-electron chi connectivity index (χ2n) is 6.15. The Hall–Kier alpha value is -1.06. The molecule has 1 unspecified atom stereocenters. The van der Waals surface area contributed by atoms with Gasteiger partial charge in [-0.3, -0.25) is 4.90 Å². The van der Waals surface area contributed by atoms with E-state index < -0.39 is 0 Å². The molecule has 1 saturated heterocycles. The number of piperazine rings is 1. The second kappa shape index (κ2) is 7.65. The van der Waals surface area contributed by atoms with Crippen molar-refractivity contribution in [3.63, 3.8) is 0 Å².